The molecule has 7 heteroatoms. The van der Waals surface area contributed by atoms with Crippen molar-refractivity contribution in [1.82, 2.24) is 15.0 Å². The first-order chi connectivity index (χ1) is 16.1. The zero-order valence-corrected chi connectivity index (χ0v) is 19.3. The number of benzene rings is 1. The number of nitrogens with zero attached hydrogens (tertiary/aromatic N) is 3. The molecule has 5 rings (SSSR count). The van der Waals surface area contributed by atoms with E-state index in [4.69, 9.17) is 13.7 Å². The third-order valence-electron chi connectivity index (χ3n) is 6.94. The van der Waals surface area contributed by atoms with Crippen LogP contribution in [-0.2, 0) is 17.7 Å². The highest BCUT2D eigenvalue weighted by molar-refractivity contribution is 5.91. The van der Waals surface area contributed by atoms with Gasteiger partial charge in [-0.1, -0.05) is 35.5 Å². The van der Waals surface area contributed by atoms with Gasteiger partial charge in [0.05, 0.1) is 18.9 Å². The molecule has 2 saturated heterocycles. The van der Waals surface area contributed by atoms with E-state index in [9.17, 15) is 4.79 Å². The van der Waals surface area contributed by atoms with E-state index >= 15 is 0 Å². The van der Waals surface area contributed by atoms with Crippen LogP contribution in [-0.4, -0.2) is 59.8 Å². The number of hydrogen-bond acceptors (Lipinski definition) is 6. The SMILES string of the molecule is Cc1noc(C)c1Cc1ccc(C(=O)N2CC[C@@H]3[C@@H](COCCN3Cc3ccccc3)C2)o1. The van der Waals surface area contributed by atoms with Crippen molar-refractivity contribution >= 4 is 5.91 Å². The summed E-state index contributed by atoms with van der Waals surface area (Å²) in [5.41, 5.74) is 3.18. The van der Waals surface area contributed by atoms with Gasteiger partial charge in [-0.2, -0.15) is 0 Å². The molecule has 174 valence electrons. The maximum atomic E-state index is 13.2. The molecule has 0 unspecified atom stereocenters. The Kier molecular flexibility index (Phi) is 6.33. The fourth-order valence-electron chi connectivity index (χ4n) is 5.12. The van der Waals surface area contributed by atoms with Gasteiger partial charge < -0.3 is 18.6 Å². The molecule has 2 atom stereocenters. The molecule has 3 aromatic rings. The summed E-state index contributed by atoms with van der Waals surface area (Å²) in [7, 11) is 0. The van der Waals surface area contributed by atoms with Crippen LogP contribution in [0.15, 0.2) is 51.4 Å². The summed E-state index contributed by atoms with van der Waals surface area (Å²) in [6, 6.07) is 14.7. The number of ether oxygens (including phenoxy) is 1. The van der Waals surface area contributed by atoms with Gasteiger partial charge in [0, 0.05) is 50.1 Å². The summed E-state index contributed by atoms with van der Waals surface area (Å²) >= 11 is 0. The zero-order valence-electron chi connectivity index (χ0n) is 19.3. The molecule has 2 aliphatic rings. The van der Waals surface area contributed by atoms with Crippen molar-refractivity contribution < 1.29 is 18.5 Å². The summed E-state index contributed by atoms with van der Waals surface area (Å²) in [5.74, 6) is 2.18. The topological polar surface area (TPSA) is 72.0 Å². The van der Waals surface area contributed by atoms with Crippen molar-refractivity contribution in [2.75, 3.05) is 32.8 Å². The number of aryl methyl sites for hydroxylation is 2. The predicted octanol–water partition coefficient (Wildman–Crippen LogP) is 3.84. The molecule has 7 nitrogen and oxygen atoms in total. The fraction of sp³-hybridized carbons (Fsp3) is 0.462. The van der Waals surface area contributed by atoms with Crippen LogP contribution in [0.5, 0.6) is 0 Å². The van der Waals surface area contributed by atoms with Gasteiger partial charge in [0.15, 0.2) is 5.76 Å². The highest BCUT2D eigenvalue weighted by atomic mass is 16.5. The number of carbonyl (C=O) groups excluding carboxylic acids is 1. The largest absolute Gasteiger partial charge is 0.456 e. The van der Waals surface area contributed by atoms with E-state index in [0.717, 1.165) is 55.4 Å². The number of fused-ring (bicyclic) bond motifs is 1. The summed E-state index contributed by atoms with van der Waals surface area (Å²) in [5, 5.41) is 4.00. The maximum absolute atomic E-state index is 13.2. The fourth-order valence-corrected chi connectivity index (χ4v) is 5.12. The first-order valence-corrected chi connectivity index (χ1v) is 11.7. The Labute approximate surface area is 194 Å². The number of likely N-dealkylation sites (tertiary alicyclic amines) is 1. The minimum Gasteiger partial charge on any atom is -0.456 e. The van der Waals surface area contributed by atoms with Crippen molar-refractivity contribution in [2.45, 2.75) is 39.3 Å². The molecule has 0 N–H and O–H groups in total. The monoisotopic (exact) mass is 449 g/mol. The van der Waals surface area contributed by atoms with Gasteiger partial charge in [-0.3, -0.25) is 9.69 Å². The smallest absolute Gasteiger partial charge is 0.289 e. The molecular weight excluding hydrogens is 418 g/mol. The second kappa shape index (κ2) is 9.53. The van der Waals surface area contributed by atoms with Crippen LogP contribution >= 0.6 is 0 Å². The third-order valence-corrected chi connectivity index (χ3v) is 6.94. The van der Waals surface area contributed by atoms with Crippen molar-refractivity contribution in [3.8, 4) is 0 Å². The van der Waals surface area contributed by atoms with Crippen LogP contribution in [0.25, 0.3) is 0 Å². The van der Waals surface area contributed by atoms with E-state index in [1.165, 1.54) is 5.56 Å². The minimum absolute atomic E-state index is 0.0441. The molecule has 0 bridgehead atoms. The van der Waals surface area contributed by atoms with E-state index in [0.29, 0.717) is 37.3 Å². The number of hydrogen-bond donors (Lipinski definition) is 0. The lowest BCUT2D eigenvalue weighted by Crippen LogP contribution is -2.52. The maximum Gasteiger partial charge on any atom is 0.289 e. The van der Waals surface area contributed by atoms with E-state index in [1.807, 2.05) is 24.8 Å². The molecule has 2 aromatic heterocycles. The van der Waals surface area contributed by atoms with Gasteiger partial charge in [-0.05, 0) is 38.0 Å². The lowest BCUT2D eigenvalue weighted by molar-refractivity contribution is 0.0348. The average Bonchev–Trinajstić information content (AvgIpc) is 3.37. The van der Waals surface area contributed by atoms with Crippen LogP contribution < -0.4 is 0 Å². The third kappa shape index (κ3) is 4.75. The predicted molar refractivity (Wildman–Crippen MR) is 123 cm³/mol. The molecule has 4 heterocycles. The molecule has 0 aliphatic carbocycles. The zero-order chi connectivity index (χ0) is 22.8. The minimum atomic E-state index is -0.0441. The lowest BCUT2D eigenvalue weighted by atomic mass is 9.91. The second-order valence-electron chi connectivity index (χ2n) is 9.14. The molecular formula is C26H31N3O4. The van der Waals surface area contributed by atoms with Crippen molar-refractivity contribution in [1.29, 1.82) is 0 Å². The van der Waals surface area contributed by atoms with E-state index in [1.54, 1.807) is 6.07 Å². The standard InChI is InChI=1S/C26H31N3O4/c1-18-23(19(2)33-27-18)14-22-8-9-25(32-22)26(30)29-11-10-24-21(16-29)17-31-13-12-28(24)15-20-6-4-3-5-7-20/h3-9,21,24H,10-17H2,1-2H3/t21-,24-/m1/s1. The first kappa shape index (κ1) is 21.9. The normalized spacial score (nSPS) is 21.6. The molecule has 2 fully saturated rings. The van der Waals surface area contributed by atoms with E-state index in [2.05, 4.69) is 40.4 Å². The first-order valence-electron chi connectivity index (χ1n) is 11.7. The van der Waals surface area contributed by atoms with Gasteiger partial charge in [0.1, 0.15) is 11.5 Å². The summed E-state index contributed by atoms with van der Waals surface area (Å²) in [6.45, 7) is 8.49. The molecule has 0 radical (unpaired) electrons. The van der Waals surface area contributed by atoms with Gasteiger partial charge in [-0.25, -0.2) is 0 Å². The summed E-state index contributed by atoms with van der Waals surface area (Å²) < 4.78 is 17.1. The molecule has 1 aromatic carbocycles. The van der Waals surface area contributed by atoms with Crippen LogP contribution in [0.1, 0.15) is 45.3 Å². The van der Waals surface area contributed by atoms with Crippen LogP contribution in [0.2, 0.25) is 0 Å². The van der Waals surface area contributed by atoms with Crippen molar-refractivity contribution in [3.05, 3.63) is 76.6 Å². The number of piperidine rings is 1. The highest BCUT2D eigenvalue weighted by Gasteiger charge is 2.37. The Hall–Kier alpha value is -2.90. The number of amides is 1. The van der Waals surface area contributed by atoms with E-state index < -0.39 is 0 Å². The quantitative estimate of drug-likeness (QED) is 0.589. The van der Waals surface area contributed by atoms with Gasteiger partial charge in [0.25, 0.3) is 5.91 Å². The number of rotatable bonds is 5. The van der Waals surface area contributed by atoms with E-state index in [-0.39, 0.29) is 5.91 Å². The Morgan fingerprint density at radius 1 is 1.12 bits per heavy atom. The van der Waals surface area contributed by atoms with Crippen molar-refractivity contribution in [2.24, 2.45) is 5.92 Å². The average molecular weight is 450 g/mol. The lowest BCUT2D eigenvalue weighted by Gasteiger charge is -2.42. The number of furan rings is 1. The van der Waals surface area contributed by atoms with Gasteiger partial charge in [0.2, 0.25) is 0 Å². The Morgan fingerprint density at radius 3 is 2.76 bits per heavy atom. The van der Waals surface area contributed by atoms with Crippen LogP contribution in [0, 0.1) is 19.8 Å². The molecule has 2 aliphatic heterocycles. The Morgan fingerprint density at radius 2 is 1.97 bits per heavy atom. The van der Waals surface area contributed by atoms with Gasteiger partial charge in [-0.15, -0.1) is 0 Å². The Balaban J connectivity index is 1.25. The molecule has 0 saturated carbocycles. The summed E-state index contributed by atoms with van der Waals surface area (Å²) in [6.07, 6.45) is 1.51. The van der Waals surface area contributed by atoms with Crippen LogP contribution in [0.4, 0.5) is 0 Å². The van der Waals surface area contributed by atoms with Crippen LogP contribution in [0.3, 0.4) is 0 Å². The second-order valence-corrected chi connectivity index (χ2v) is 9.14. The molecule has 0 spiro atoms. The molecule has 1 amide bonds. The molecule has 33 heavy (non-hydrogen) atoms. The number of carbonyl (C=O) groups is 1. The number of aromatic nitrogens is 1. The Bertz CT molecular complexity index is 1070. The van der Waals surface area contributed by atoms with Crippen molar-refractivity contribution in [3.63, 3.8) is 0 Å². The van der Waals surface area contributed by atoms with Gasteiger partial charge >= 0.3 is 0 Å². The summed E-state index contributed by atoms with van der Waals surface area (Å²) in [4.78, 5) is 17.7. The highest BCUT2D eigenvalue weighted by Crippen LogP contribution is 2.28.